The fraction of sp³-hybridized carbons (Fsp3) is 0.200. The third-order valence-electron chi connectivity index (χ3n) is 3.73. The van der Waals surface area contributed by atoms with E-state index in [0.29, 0.717) is 28.0 Å². The fourth-order valence-corrected chi connectivity index (χ4v) is 3.02. The van der Waals surface area contributed by atoms with Crippen LogP contribution < -0.4 is 9.47 Å². The standard InChI is InChI=1S/C20H18N4O4S/c1-26-16-9-7-8-15(14-16)19(25)28-12-5-6-13-29-20-21-22-23-24(20)17-10-3-4-11-18(17)27-2/h3-4,7-11,14H,12-13H2,1-2H3. The first kappa shape index (κ1) is 20.2. The average molecular weight is 410 g/mol. The van der Waals surface area contributed by atoms with Gasteiger partial charge in [-0.1, -0.05) is 41.8 Å². The molecule has 0 saturated heterocycles. The molecule has 2 aromatic carbocycles. The summed E-state index contributed by atoms with van der Waals surface area (Å²) in [6, 6.07) is 14.2. The number of aromatic nitrogens is 4. The molecule has 148 valence electrons. The SMILES string of the molecule is COc1cccc(C(=O)OCC#CCSc2nnnn2-c2ccccc2OC)c1. The summed E-state index contributed by atoms with van der Waals surface area (Å²) in [6.07, 6.45) is 0. The summed E-state index contributed by atoms with van der Waals surface area (Å²) in [6.45, 7) is -0.00590. The number of hydrogen-bond acceptors (Lipinski definition) is 8. The first-order chi connectivity index (χ1) is 14.2. The van der Waals surface area contributed by atoms with Crippen molar-refractivity contribution in [3.8, 4) is 29.0 Å². The van der Waals surface area contributed by atoms with E-state index in [0.717, 1.165) is 5.69 Å². The zero-order chi connectivity index (χ0) is 20.5. The van der Waals surface area contributed by atoms with Crippen molar-refractivity contribution < 1.29 is 19.0 Å². The molecule has 0 aliphatic carbocycles. The predicted octanol–water partition coefficient (Wildman–Crippen LogP) is 2.63. The molecule has 0 unspecified atom stereocenters. The molecule has 0 radical (unpaired) electrons. The van der Waals surface area contributed by atoms with Crippen LogP contribution in [0.5, 0.6) is 11.5 Å². The number of benzene rings is 2. The van der Waals surface area contributed by atoms with Gasteiger partial charge in [-0.05, 0) is 40.8 Å². The van der Waals surface area contributed by atoms with Crippen LogP contribution in [0.2, 0.25) is 0 Å². The molecule has 3 rings (SSSR count). The lowest BCUT2D eigenvalue weighted by Crippen LogP contribution is -2.05. The Bertz CT molecular complexity index is 1040. The van der Waals surface area contributed by atoms with Gasteiger partial charge in [0, 0.05) is 0 Å². The Morgan fingerprint density at radius 3 is 2.79 bits per heavy atom. The number of carbonyl (C=O) groups is 1. The molecule has 0 amide bonds. The normalized spacial score (nSPS) is 10.0. The highest BCUT2D eigenvalue weighted by Gasteiger charge is 2.12. The maximum absolute atomic E-state index is 12.0. The topological polar surface area (TPSA) is 88.4 Å². The smallest absolute Gasteiger partial charge is 0.339 e. The van der Waals surface area contributed by atoms with Gasteiger partial charge < -0.3 is 14.2 Å². The van der Waals surface area contributed by atoms with Crippen LogP contribution in [0.1, 0.15) is 10.4 Å². The Kier molecular flexibility index (Phi) is 7.08. The van der Waals surface area contributed by atoms with Crippen LogP contribution in [0.15, 0.2) is 53.7 Å². The lowest BCUT2D eigenvalue weighted by Gasteiger charge is -2.08. The quantitative estimate of drug-likeness (QED) is 0.334. The van der Waals surface area contributed by atoms with Gasteiger partial charge in [-0.15, -0.1) is 5.10 Å². The first-order valence-electron chi connectivity index (χ1n) is 8.54. The lowest BCUT2D eigenvalue weighted by molar-refractivity contribution is 0.0556. The van der Waals surface area contributed by atoms with Crippen molar-refractivity contribution in [2.45, 2.75) is 5.16 Å². The number of para-hydroxylation sites is 2. The van der Waals surface area contributed by atoms with E-state index in [4.69, 9.17) is 14.2 Å². The highest BCUT2D eigenvalue weighted by molar-refractivity contribution is 7.99. The van der Waals surface area contributed by atoms with Crippen LogP contribution >= 0.6 is 11.8 Å². The third kappa shape index (κ3) is 5.27. The molecule has 0 aliphatic heterocycles. The van der Waals surface area contributed by atoms with Crippen LogP contribution in [-0.4, -0.2) is 52.8 Å². The predicted molar refractivity (Wildman–Crippen MR) is 107 cm³/mol. The first-order valence-corrected chi connectivity index (χ1v) is 9.53. The summed E-state index contributed by atoms with van der Waals surface area (Å²) in [5.41, 5.74) is 1.15. The fourth-order valence-electron chi connectivity index (χ4n) is 2.36. The molecule has 0 spiro atoms. The second-order valence-electron chi connectivity index (χ2n) is 5.50. The van der Waals surface area contributed by atoms with Crippen LogP contribution in [0.4, 0.5) is 0 Å². The van der Waals surface area contributed by atoms with E-state index in [1.807, 2.05) is 24.3 Å². The van der Waals surface area contributed by atoms with E-state index in [1.165, 1.54) is 18.9 Å². The molecule has 3 aromatic rings. The lowest BCUT2D eigenvalue weighted by atomic mass is 10.2. The molecule has 0 bridgehead atoms. The monoisotopic (exact) mass is 410 g/mol. The zero-order valence-corrected chi connectivity index (χ0v) is 16.7. The second-order valence-corrected chi connectivity index (χ2v) is 6.44. The largest absolute Gasteiger partial charge is 0.497 e. The van der Waals surface area contributed by atoms with Crippen LogP contribution in [0.25, 0.3) is 5.69 Å². The van der Waals surface area contributed by atoms with Crippen molar-refractivity contribution in [1.29, 1.82) is 0 Å². The maximum atomic E-state index is 12.0. The van der Waals surface area contributed by atoms with Gasteiger partial charge >= 0.3 is 5.97 Å². The minimum atomic E-state index is -0.453. The number of carbonyl (C=O) groups excluding carboxylic acids is 1. The molecule has 1 aromatic heterocycles. The zero-order valence-electron chi connectivity index (χ0n) is 15.9. The molecule has 0 atom stereocenters. The second kappa shape index (κ2) is 10.1. The van der Waals surface area contributed by atoms with E-state index >= 15 is 0 Å². The number of thioether (sulfide) groups is 1. The molecule has 0 aliphatic rings. The third-order valence-corrected chi connectivity index (χ3v) is 4.54. The number of methoxy groups -OCH3 is 2. The van der Waals surface area contributed by atoms with E-state index in [9.17, 15) is 4.79 Å². The van der Waals surface area contributed by atoms with Crippen molar-refractivity contribution in [2.75, 3.05) is 26.6 Å². The van der Waals surface area contributed by atoms with Gasteiger partial charge in [0.2, 0.25) is 5.16 Å². The van der Waals surface area contributed by atoms with Crippen molar-refractivity contribution >= 4 is 17.7 Å². The molecule has 0 fully saturated rings. The Morgan fingerprint density at radius 2 is 1.97 bits per heavy atom. The molecule has 9 heteroatoms. The van der Waals surface area contributed by atoms with Gasteiger partial charge in [0.15, 0.2) is 6.61 Å². The molecule has 29 heavy (non-hydrogen) atoms. The summed E-state index contributed by atoms with van der Waals surface area (Å²) >= 11 is 1.37. The highest BCUT2D eigenvalue weighted by atomic mass is 32.2. The van der Waals surface area contributed by atoms with E-state index in [2.05, 4.69) is 27.4 Å². The van der Waals surface area contributed by atoms with E-state index < -0.39 is 5.97 Å². The maximum Gasteiger partial charge on any atom is 0.339 e. The Labute approximate surface area is 172 Å². The number of esters is 1. The molecule has 8 nitrogen and oxygen atoms in total. The van der Waals surface area contributed by atoms with E-state index in [1.54, 1.807) is 36.1 Å². The Morgan fingerprint density at radius 1 is 1.10 bits per heavy atom. The van der Waals surface area contributed by atoms with Gasteiger partial charge in [-0.25, -0.2) is 4.79 Å². The van der Waals surface area contributed by atoms with Crippen molar-refractivity contribution in [2.24, 2.45) is 0 Å². The van der Waals surface area contributed by atoms with Crippen molar-refractivity contribution in [3.05, 3.63) is 54.1 Å². The Hall–Kier alpha value is -3.51. The number of hydrogen-bond donors (Lipinski definition) is 0. The Balaban J connectivity index is 1.52. The van der Waals surface area contributed by atoms with Gasteiger partial charge in [0.05, 0.1) is 25.5 Å². The van der Waals surface area contributed by atoms with Gasteiger partial charge in [0.1, 0.15) is 17.2 Å². The molecule has 0 saturated carbocycles. The summed E-state index contributed by atoms with van der Waals surface area (Å²) in [5, 5.41) is 12.3. The van der Waals surface area contributed by atoms with Crippen molar-refractivity contribution in [3.63, 3.8) is 0 Å². The minimum absolute atomic E-state index is 0.00590. The summed E-state index contributed by atoms with van der Waals surface area (Å²) in [4.78, 5) is 12.0. The van der Waals surface area contributed by atoms with Crippen LogP contribution in [0, 0.1) is 11.8 Å². The average Bonchev–Trinajstić information content (AvgIpc) is 3.24. The van der Waals surface area contributed by atoms with Crippen LogP contribution in [0.3, 0.4) is 0 Å². The summed E-state index contributed by atoms with van der Waals surface area (Å²) < 4.78 is 17.2. The summed E-state index contributed by atoms with van der Waals surface area (Å²) in [7, 11) is 3.13. The van der Waals surface area contributed by atoms with Gasteiger partial charge in [0.25, 0.3) is 0 Å². The van der Waals surface area contributed by atoms with Crippen LogP contribution in [-0.2, 0) is 4.74 Å². The molecule has 1 heterocycles. The number of tetrazole rings is 1. The van der Waals surface area contributed by atoms with Crippen molar-refractivity contribution in [1.82, 2.24) is 20.2 Å². The highest BCUT2D eigenvalue weighted by Crippen LogP contribution is 2.25. The minimum Gasteiger partial charge on any atom is -0.497 e. The number of rotatable bonds is 7. The molecule has 0 N–H and O–H groups in total. The number of nitrogens with zero attached hydrogens (tertiary/aromatic N) is 4. The molecular weight excluding hydrogens is 392 g/mol. The van der Waals surface area contributed by atoms with E-state index in [-0.39, 0.29) is 6.61 Å². The van der Waals surface area contributed by atoms with Gasteiger partial charge in [-0.2, -0.15) is 4.68 Å². The van der Waals surface area contributed by atoms with Gasteiger partial charge in [-0.3, -0.25) is 0 Å². The molecular formula is C20H18N4O4S. The number of ether oxygens (including phenoxy) is 3. The summed E-state index contributed by atoms with van der Waals surface area (Å²) in [5.74, 6) is 6.98.